The summed E-state index contributed by atoms with van der Waals surface area (Å²) >= 11 is 5.68. The van der Waals surface area contributed by atoms with Gasteiger partial charge in [0.1, 0.15) is 17.6 Å². The molecular weight excluding hydrogens is 190 g/mol. The average molecular weight is 200 g/mol. The fourth-order valence-electron chi connectivity index (χ4n) is 1.28. The first-order valence-electron chi connectivity index (χ1n) is 4.19. The Morgan fingerprint density at radius 2 is 2.46 bits per heavy atom. The van der Waals surface area contributed by atoms with Crippen molar-refractivity contribution in [1.29, 1.82) is 0 Å². The number of ether oxygens (including phenoxy) is 1. The second-order valence-corrected chi connectivity index (χ2v) is 3.30. The maximum atomic E-state index is 5.68. The highest BCUT2D eigenvalue weighted by atomic mass is 35.5. The van der Waals surface area contributed by atoms with E-state index < -0.39 is 0 Å². The Balaban J connectivity index is 2.00. The van der Waals surface area contributed by atoms with Gasteiger partial charge in [-0.1, -0.05) is 11.6 Å². The van der Waals surface area contributed by atoms with Crippen LogP contribution in [0.25, 0.3) is 0 Å². The average Bonchev–Trinajstić information content (AvgIpc) is 2.57. The topological polar surface area (TPSA) is 47.0 Å². The molecule has 1 aromatic rings. The van der Waals surface area contributed by atoms with Crippen molar-refractivity contribution in [1.82, 2.24) is 15.3 Å². The molecule has 0 aromatic carbocycles. The van der Waals surface area contributed by atoms with Gasteiger partial charge in [0.25, 0.3) is 0 Å². The molecule has 0 unspecified atom stereocenters. The number of nitrogens with one attached hydrogen (secondary N) is 1. The molecule has 2 heterocycles. The van der Waals surface area contributed by atoms with Crippen LogP contribution in [-0.2, 0) is 0 Å². The molecule has 0 amide bonds. The lowest BCUT2D eigenvalue weighted by molar-refractivity contribution is 0.213. The van der Waals surface area contributed by atoms with Crippen LogP contribution in [0.5, 0.6) is 5.88 Å². The number of hydrogen-bond donors (Lipinski definition) is 1. The van der Waals surface area contributed by atoms with Crippen molar-refractivity contribution >= 4 is 11.6 Å². The molecule has 1 aliphatic heterocycles. The minimum Gasteiger partial charge on any atom is -0.473 e. The first-order valence-corrected chi connectivity index (χ1v) is 4.57. The molecule has 0 radical (unpaired) electrons. The summed E-state index contributed by atoms with van der Waals surface area (Å²) in [6.07, 6.45) is 2.63. The minimum atomic E-state index is 0.214. The highest BCUT2D eigenvalue weighted by Crippen LogP contribution is 2.14. The van der Waals surface area contributed by atoms with Gasteiger partial charge in [0.05, 0.1) is 0 Å². The summed E-state index contributed by atoms with van der Waals surface area (Å²) in [6.45, 7) is 1.88. The van der Waals surface area contributed by atoms with E-state index in [0.717, 1.165) is 19.5 Å². The van der Waals surface area contributed by atoms with Crippen LogP contribution in [0.15, 0.2) is 12.4 Å². The molecule has 1 aromatic heterocycles. The van der Waals surface area contributed by atoms with Gasteiger partial charge < -0.3 is 10.1 Å². The molecule has 1 fully saturated rings. The van der Waals surface area contributed by atoms with Crippen molar-refractivity contribution in [3.05, 3.63) is 17.5 Å². The zero-order valence-electron chi connectivity index (χ0n) is 7.03. The van der Waals surface area contributed by atoms with Gasteiger partial charge in [-0.05, 0) is 13.0 Å². The molecule has 0 spiro atoms. The van der Waals surface area contributed by atoms with Gasteiger partial charge in [-0.3, -0.25) is 0 Å². The maximum Gasteiger partial charge on any atom is 0.218 e. The van der Waals surface area contributed by atoms with Gasteiger partial charge >= 0.3 is 0 Å². The van der Waals surface area contributed by atoms with Crippen molar-refractivity contribution in [2.75, 3.05) is 13.1 Å². The van der Waals surface area contributed by atoms with E-state index in [2.05, 4.69) is 15.3 Å². The largest absolute Gasteiger partial charge is 0.473 e. The number of aromatic nitrogens is 2. The fraction of sp³-hybridized carbons (Fsp3) is 0.500. The van der Waals surface area contributed by atoms with Crippen molar-refractivity contribution in [3.63, 3.8) is 0 Å². The van der Waals surface area contributed by atoms with Crippen molar-refractivity contribution in [3.8, 4) is 5.88 Å². The van der Waals surface area contributed by atoms with Gasteiger partial charge in [0, 0.05) is 12.6 Å². The third-order valence-corrected chi connectivity index (χ3v) is 2.12. The molecule has 1 aliphatic rings. The summed E-state index contributed by atoms with van der Waals surface area (Å²) in [6, 6.07) is 1.62. The van der Waals surface area contributed by atoms with E-state index in [1.54, 1.807) is 6.07 Å². The maximum absolute atomic E-state index is 5.68. The quantitative estimate of drug-likeness (QED) is 0.719. The number of hydrogen-bond acceptors (Lipinski definition) is 4. The summed E-state index contributed by atoms with van der Waals surface area (Å²) in [5.41, 5.74) is 0. The Hall–Kier alpha value is -0.870. The van der Waals surface area contributed by atoms with Gasteiger partial charge in [-0.15, -0.1) is 0 Å². The highest BCUT2D eigenvalue weighted by Gasteiger charge is 2.16. The summed E-state index contributed by atoms with van der Waals surface area (Å²) in [5.74, 6) is 0.550. The predicted octanol–water partition coefficient (Wildman–Crippen LogP) is 0.871. The lowest BCUT2D eigenvalue weighted by atomic mass is 10.3. The molecule has 70 valence electrons. The standard InChI is InChI=1S/C8H10ClN3O/c9-7-3-8(12-5-11-7)13-6-1-2-10-4-6/h3,5-6,10H,1-2,4H2/t6-/m0/s1. The van der Waals surface area contributed by atoms with Gasteiger partial charge in [0.15, 0.2) is 0 Å². The molecule has 13 heavy (non-hydrogen) atoms. The van der Waals surface area contributed by atoms with Crippen LogP contribution >= 0.6 is 11.6 Å². The van der Waals surface area contributed by atoms with Crippen LogP contribution in [0.1, 0.15) is 6.42 Å². The first kappa shape index (κ1) is 8.72. The van der Waals surface area contributed by atoms with Crippen molar-refractivity contribution in [2.45, 2.75) is 12.5 Å². The first-order chi connectivity index (χ1) is 6.34. The van der Waals surface area contributed by atoms with Crippen LogP contribution in [0.2, 0.25) is 5.15 Å². The molecule has 2 rings (SSSR count). The lowest BCUT2D eigenvalue weighted by Crippen LogP contribution is -2.20. The summed E-state index contributed by atoms with van der Waals surface area (Å²) in [5, 5.41) is 3.62. The molecule has 0 aliphatic carbocycles. The Labute approximate surface area is 81.3 Å². The second-order valence-electron chi connectivity index (χ2n) is 2.91. The molecular formula is C8H10ClN3O. The monoisotopic (exact) mass is 199 g/mol. The number of rotatable bonds is 2. The van der Waals surface area contributed by atoms with Gasteiger partial charge in [-0.25, -0.2) is 9.97 Å². The molecule has 0 saturated carbocycles. The SMILES string of the molecule is Clc1cc(O[C@H]2CCNC2)ncn1. The Morgan fingerprint density at radius 1 is 1.54 bits per heavy atom. The number of halogens is 1. The Bertz CT molecular complexity index is 288. The van der Waals surface area contributed by atoms with Crippen molar-refractivity contribution in [2.24, 2.45) is 0 Å². The predicted molar refractivity (Wildman–Crippen MR) is 48.9 cm³/mol. The van der Waals surface area contributed by atoms with Crippen LogP contribution < -0.4 is 10.1 Å². The van der Waals surface area contributed by atoms with Gasteiger partial charge in [0.2, 0.25) is 5.88 Å². The molecule has 4 nitrogen and oxygen atoms in total. The molecule has 1 N–H and O–H groups in total. The minimum absolute atomic E-state index is 0.214. The summed E-state index contributed by atoms with van der Waals surface area (Å²) in [4.78, 5) is 7.73. The fourth-order valence-corrected chi connectivity index (χ4v) is 1.42. The van der Waals surface area contributed by atoms with E-state index in [0.29, 0.717) is 11.0 Å². The van der Waals surface area contributed by atoms with Crippen LogP contribution in [0, 0.1) is 0 Å². The summed E-state index contributed by atoms with van der Waals surface area (Å²) < 4.78 is 5.56. The van der Waals surface area contributed by atoms with E-state index >= 15 is 0 Å². The molecule has 5 heteroatoms. The van der Waals surface area contributed by atoms with E-state index in [1.807, 2.05) is 0 Å². The van der Waals surface area contributed by atoms with Crippen LogP contribution in [0.3, 0.4) is 0 Å². The molecule has 1 saturated heterocycles. The Kier molecular flexibility index (Phi) is 2.61. The third-order valence-electron chi connectivity index (χ3n) is 1.91. The zero-order valence-corrected chi connectivity index (χ0v) is 7.79. The second kappa shape index (κ2) is 3.89. The smallest absolute Gasteiger partial charge is 0.218 e. The third kappa shape index (κ3) is 2.29. The van der Waals surface area contributed by atoms with E-state index in [-0.39, 0.29) is 6.10 Å². The highest BCUT2D eigenvalue weighted by molar-refractivity contribution is 6.29. The molecule has 0 bridgehead atoms. The Morgan fingerprint density at radius 3 is 3.15 bits per heavy atom. The normalized spacial score (nSPS) is 21.8. The van der Waals surface area contributed by atoms with E-state index in [9.17, 15) is 0 Å². The lowest BCUT2D eigenvalue weighted by Gasteiger charge is -2.10. The summed E-state index contributed by atoms with van der Waals surface area (Å²) in [7, 11) is 0. The van der Waals surface area contributed by atoms with Gasteiger partial charge in [-0.2, -0.15) is 0 Å². The van der Waals surface area contributed by atoms with E-state index in [1.165, 1.54) is 6.33 Å². The zero-order chi connectivity index (χ0) is 9.10. The molecule has 1 atom stereocenters. The number of nitrogens with zero attached hydrogens (tertiary/aromatic N) is 2. The van der Waals surface area contributed by atoms with Crippen LogP contribution in [0.4, 0.5) is 0 Å². The van der Waals surface area contributed by atoms with Crippen molar-refractivity contribution < 1.29 is 4.74 Å². The van der Waals surface area contributed by atoms with Crippen LogP contribution in [-0.4, -0.2) is 29.2 Å². The van der Waals surface area contributed by atoms with E-state index in [4.69, 9.17) is 16.3 Å².